The van der Waals surface area contributed by atoms with E-state index in [-0.39, 0.29) is 11.4 Å². The summed E-state index contributed by atoms with van der Waals surface area (Å²) in [5.41, 5.74) is 11.3. The number of carbonyl (C=O) groups excluding carboxylic acids is 1. The van der Waals surface area contributed by atoms with Crippen LogP contribution in [0.25, 0.3) is 0 Å². The van der Waals surface area contributed by atoms with E-state index in [1.165, 1.54) is 6.42 Å². The van der Waals surface area contributed by atoms with E-state index in [1.54, 1.807) is 6.07 Å². The predicted octanol–water partition coefficient (Wildman–Crippen LogP) is 0.00150. The average molecular weight is 438 g/mol. The number of rotatable bonds is 13. The molecular weight excluding hydrogens is 398 g/mol. The van der Waals surface area contributed by atoms with E-state index in [1.807, 2.05) is 0 Å². The molecule has 0 aliphatic carbocycles. The Hall–Kier alpha value is -2.37. The van der Waals surface area contributed by atoms with Crippen LogP contribution in [0, 0.1) is 0 Å². The first-order chi connectivity index (χ1) is 15.1. The van der Waals surface area contributed by atoms with Gasteiger partial charge in [-0.05, 0) is 77.7 Å². The normalized spacial score (nSPS) is 14.7. The van der Waals surface area contributed by atoms with Gasteiger partial charge in [0.15, 0.2) is 5.49 Å². The molecule has 0 radical (unpaired) electrons. The summed E-state index contributed by atoms with van der Waals surface area (Å²) in [4.78, 5) is 22.4. The molecule has 2 rings (SSSR count). The zero-order chi connectivity index (χ0) is 22.3. The molecule has 0 atom stereocenters. The molecule has 1 aliphatic rings. The lowest BCUT2D eigenvalue weighted by Crippen LogP contribution is -2.34. The molecular formula is C20H39N9O2. The number of hydrogen-bond acceptors (Lipinski definition) is 8. The highest BCUT2D eigenvalue weighted by molar-refractivity contribution is 5.74. The van der Waals surface area contributed by atoms with Gasteiger partial charge in [0.25, 0.3) is 0 Å². The van der Waals surface area contributed by atoms with Gasteiger partial charge in [-0.3, -0.25) is 0 Å². The second-order valence-corrected chi connectivity index (χ2v) is 7.74. The van der Waals surface area contributed by atoms with Gasteiger partial charge in [-0.2, -0.15) is 9.98 Å². The van der Waals surface area contributed by atoms with Crippen molar-refractivity contribution >= 4 is 17.8 Å². The van der Waals surface area contributed by atoms with E-state index in [0.29, 0.717) is 17.1 Å². The molecule has 11 nitrogen and oxygen atoms in total. The Balaban J connectivity index is 1.67. The van der Waals surface area contributed by atoms with Crippen molar-refractivity contribution in [2.75, 3.05) is 63.0 Å². The van der Waals surface area contributed by atoms with Gasteiger partial charge in [-0.1, -0.05) is 0 Å². The Kier molecular flexibility index (Phi) is 11.7. The summed E-state index contributed by atoms with van der Waals surface area (Å²) in [5.74, 6) is 0.543. The maximum atomic E-state index is 12.1. The van der Waals surface area contributed by atoms with Gasteiger partial charge in [0.1, 0.15) is 5.82 Å². The lowest BCUT2D eigenvalue weighted by molar-refractivity contribution is 0.174. The van der Waals surface area contributed by atoms with Crippen molar-refractivity contribution in [1.82, 2.24) is 25.7 Å². The maximum absolute atomic E-state index is 12.1. The molecule has 176 valence electrons. The van der Waals surface area contributed by atoms with Crippen molar-refractivity contribution in [2.24, 2.45) is 10.7 Å². The van der Waals surface area contributed by atoms with E-state index in [0.717, 1.165) is 84.3 Å². The SMILES string of the molecule is NCCCNCCCCNCCCNC(=O)N=c1cc(N2CCCCC2)nc(N)n1O. The van der Waals surface area contributed by atoms with E-state index < -0.39 is 6.03 Å². The molecule has 0 unspecified atom stereocenters. The van der Waals surface area contributed by atoms with E-state index in [9.17, 15) is 10.0 Å². The minimum atomic E-state index is -0.512. The average Bonchev–Trinajstić information content (AvgIpc) is 2.78. The molecule has 0 bridgehead atoms. The Labute approximate surface area is 184 Å². The number of amides is 2. The summed E-state index contributed by atoms with van der Waals surface area (Å²) >= 11 is 0. The zero-order valence-corrected chi connectivity index (χ0v) is 18.5. The molecule has 1 aromatic rings. The van der Waals surface area contributed by atoms with Gasteiger partial charge < -0.3 is 37.5 Å². The molecule has 2 heterocycles. The monoisotopic (exact) mass is 437 g/mol. The Morgan fingerprint density at radius 2 is 1.68 bits per heavy atom. The van der Waals surface area contributed by atoms with Crippen LogP contribution in [0.15, 0.2) is 11.1 Å². The third kappa shape index (κ3) is 9.53. The molecule has 0 spiro atoms. The fraction of sp³-hybridized carbons (Fsp3) is 0.750. The number of anilines is 2. The number of piperidine rings is 1. The van der Waals surface area contributed by atoms with Crippen molar-refractivity contribution in [3.8, 4) is 0 Å². The second-order valence-electron chi connectivity index (χ2n) is 7.74. The third-order valence-corrected chi connectivity index (χ3v) is 5.14. The summed E-state index contributed by atoms with van der Waals surface area (Å²) < 4.78 is 0.638. The van der Waals surface area contributed by atoms with Gasteiger partial charge in [-0.25, -0.2) is 4.79 Å². The molecule has 1 saturated heterocycles. The predicted molar refractivity (Wildman–Crippen MR) is 122 cm³/mol. The minimum Gasteiger partial charge on any atom is -0.423 e. The fourth-order valence-corrected chi connectivity index (χ4v) is 3.38. The molecule has 2 amide bonds. The first-order valence-electron chi connectivity index (χ1n) is 11.4. The molecule has 0 saturated carbocycles. The van der Waals surface area contributed by atoms with Crippen LogP contribution < -0.4 is 37.8 Å². The molecule has 0 aromatic carbocycles. The van der Waals surface area contributed by atoms with Gasteiger partial charge >= 0.3 is 6.03 Å². The number of unbranched alkanes of at least 4 members (excludes halogenated alkanes) is 1. The van der Waals surface area contributed by atoms with Crippen LogP contribution in [0.5, 0.6) is 0 Å². The smallest absolute Gasteiger partial charge is 0.343 e. The third-order valence-electron chi connectivity index (χ3n) is 5.14. The number of carbonyl (C=O) groups is 1. The van der Waals surface area contributed by atoms with Crippen LogP contribution in [-0.2, 0) is 0 Å². The molecule has 1 aliphatic heterocycles. The standard InChI is InChI=1S/C20H39N9O2/c21-8-6-11-23-9-2-3-10-24-12-7-13-25-20(30)27-18-16-17(26-19(22)29(18)31)28-14-4-1-5-15-28/h16,23-24,31H,1-15,21H2,(H2,22,26)(H,25,30). The highest BCUT2D eigenvalue weighted by atomic mass is 16.5. The fourth-order valence-electron chi connectivity index (χ4n) is 3.38. The summed E-state index contributed by atoms with van der Waals surface area (Å²) in [5, 5.41) is 19.5. The zero-order valence-electron chi connectivity index (χ0n) is 18.5. The topological polar surface area (TPSA) is 159 Å². The first kappa shape index (κ1) is 24.9. The summed E-state index contributed by atoms with van der Waals surface area (Å²) in [6.45, 7) is 6.77. The number of nitrogens with zero attached hydrogens (tertiary/aromatic N) is 4. The van der Waals surface area contributed by atoms with Crippen molar-refractivity contribution in [1.29, 1.82) is 0 Å². The second kappa shape index (κ2) is 14.6. The number of aromatic nitrogens is 2. The van der Waals surface area contributed by atoms with Crippen molar-refractivity contribution in [3.63, 3.8) is 0 Å². The molecule has 8 N–H and O–H groups in total. The van der Waals surface area contributed by atoms with E-state index >= 15 is 0 Å². The molecule has 1 fully saturated rings. The molecule has 31 heavy (non-hydrogen) atoms. The van der Waals surface area contributed by atoms with E-state index in [4.69, 9.17) is 11.5 Å². The Morgan fingerprint density at radius 1 is 1.03 bits per heavy atom. The number of hydrogen-bond donors (Lipinski definition) is 6. The highest BCUT2D eigenvalue weighted by Crippen LogP contribution is 2.16. The number of nitrogens with one attached hydrogen (secondary N) is 3. The highest BCUT2D eigenvalue weighted by Gasteiger charge is 2.14. The molecule has 11 heteroatoms. The van der Waals surface area contributed by atoms with Gasteiger partial charge in [0.05, 0.1) is 0 Å². The number of nitrogen functional groups attached to an aromatic ring is 1. The minimum absolute atomic E-state index is 0.0729. The lowest BCUT2D eigenvalue weighted by atomic mass is 10.1. The summed E-state index contributed by atoms with van der Waals surface area (Å²) in [6, 6.07) is 1.08. The Bertz CT molecular complexity index is 717. The van der Waals surface area contributed by atoms with Crippen LogP contribution in [-0.4, -0.2) is 73.3 Å². The van der Waals surface area contributed by atoms with Gasteiger partial charge in [0, 0.05) is 25.7 Å². The van der Waals surface area contributed by atoms with Crippen LogP contribution >= 0.6 is 0 Å². The van der Waals surface area contributed by atoms with Crippen LogP contribution in [0.3, 0.4) is 0 Å². The van der Waals surface area contributed by atoms with Gasteiger partial charge in [-0.15, -0.1) is 4.73 Å². The van der Waals surface area contributed by atoms with Crippen molar-refractivity contribution in [2.45, 2.75) is 44.9 Å². The number of nitrogens with two attached hydrogens (primary N) is 2. The maximum Gasteiger partial charge on any atom is 0.343 e. The van der Waals surface area contributed by atoms with Gasteiger partial charge in [0.2, 0.25) is 5.95 Å². The van der Waals surface area contributed by atoms with Crippen molar-refractivity contribution in [3.05, 3.63) is 11.6 Å². The summed E-state index contributed by atoms with van der Waals surface area (Å²) in [7, 11) is 0. The van der Waals surface area contributed by atoms with E-state index in [2.05, 4.69) is 30.8 Å². The quantitative estimate of drug-likeness (QED) is 0.186. The Morgan fingerprint density at radius 3 is 2.35 bits per heavy atom. The van der Waals surface area contributed by atoms with Crippen LogP contribution in [0.2, 0.25) is 0 Å². The van der Waals surface area contributed by atoms with Crippen LogP contribution in [0.4, 0.5) is 16.6 Å². The number of urea groups is 1. The lowest BCUT2D eigenvalue weighted by Gasteiger charge is -2.27. The molecule has 1 aromatic heterocycles. The van der Waals surface area contributed by atoms with Crippen LogP contribution in [0.1, 0.15) is 44.9 Å². The first-order valence-corrected chi connectivity index (χ1v) is 11.4. The largest absolute Gasteiger partial charge is 0.423 e. The summed E-state index contributed by atoms with van der Waals surface area (Å²) in [6.07, 6.45) is 7.42. The van der Waals surface area contributed by atoms with Crippen molar-refractivity contribution < 1.29 is 10.0 Å².